The second-order valence-electron chi connectivity index (χ2n) is 4.49. The number of hydrogen-bond acceptors (Lipinski definition) is 3. The summed E-state index contributed by atoms with van der Waals surface area (Å²) in [7, 11) is 0. The highest BCUT2D eigenvalue weighted by atomic mass is 19.4. The maximum Gasteiger partial charge on any atom is 0.573 e. The number of alkyl halides is 3. The van der Waals surface area contributed by atoms with E-state index in [1.807, 2.05) is 0 Å². The smallest absolute Gasteiger partial charge is 0.441 e. The van der Waals surface area contributed by atoms with Crippen molar-refractivity contribution in [2.24, 2.45) is 0 Å². The van der Waals surface area contributed by atoms with E-state index >= 15 is 0 Å². The average Bonchev–Trinajstić information content (AvgIpc) is 2.76. The zero-order chi connectivity index (χ0) is 15.0. The van der Waals surface area contributed by atoms with E-state index in [1.54, 1.807) is 31.2 Å². The van der Waals surface area contributed by atoms with Gasteiger partial charge in [-0.3, -0.25) is 0 Å². The van der Waals surface area contributed by atoms with Crippen LogP contribution in [0, 0.1) is 6.92 Å². The standard InChI is InChI=1S/C15H10F3NO2/c1-9-19-13-6-5-11(8-14(13)20-9)10-3-2-4-12(7-10)21-15(16,17)18/h2-8H,1H3. The largest absolute Gasteiger partial charge is 0.573 e. The van der Waals surface area contributed by atoms with Crippen LogP contribution in [0.1, 0.15) is 5.89 Å². The van der Waals surface area contributed by atoms with E-state index in [-0.39, 0.29) is 5.75 Å². The molecule has 0 atom stereocenters. The number of fused-ring (bicyclic) bond motifs is 1. The fourth-order valence-corrected chi connectivity index (χ4v) is 2.09. The second kappa shape index (κ2) is 4.80. The molecule has 0 radical (unpaired) electrons. The summed E-state index contributed by atoms with van der Waals surface area (Å²) in [5.74, 6) is 0.283. The highest BCUT2D eigenvalue weighted by Crippen LogP contribution is 2.29. The minimum Gasteiger partial charge on any atom is -0.441 e. The van der Waals surface area contributed by atoms with Gasteiger partial charge in [-0.2, -0.15) is 0 Å². The number of oxazole rings is 1. The molecule has 0 unspecified atom stereocenters. The Morgan fingerprint density at radius 3 is 2.57 bits per heavy atom. The SMILES string of the molecule is Cc1nc2ccc(-c3cccc(OC(F)(F)F)c3)cc2o1. The minimum absolute atomic E-state index is 0.256. The summed E-state index contributed by atoms with van der Waals surface area (Å²) >= 11 is 0. The zero-order valence-electron chi connectivity index (χ0n) is 10.9. The number of rotatable bonds is 2. The van der Waals surface area contributed by atoms with Gasteiger partial charge >= 0.3 is 6.36 Å². The van der Waals surface area contributed by atoms with Crippen molar-refractivity contribution in [2.45, 2.75) is 13.3 Å². The van der Waals surface area contributed by atoms with Gasteiger partial charge in [0, 0.05) is 6.92 Å². The third-order valence-corrected chi connectivity index (χ3v) is 2.90. The average molecular weight is 293 g/mol. The highest BCUT2D eigenvalue weighted by Gasteiger charge is 2.31. The summed E-state index contributed by atoms with van der Waals surface area (Å²) < 4.78 is 46.1. The molecule has 0 fully saturated rings. The Bertz CT molecular complexity index is 793. The Morgan fingerprint density at radius 1 is 1.05 bits per heavy atom. The minimum atomic E-state index is -4.70. The first kappa shape index (κ1) is 13.5. The molecule has 0 aliphatic heterocycles. The monoisotopic (exact) mass is 293 g/mol. The quantitative estimate of drug-likeness (QED) is 0.687. The lowest BCUT2D eigenvalue weighted by atomic mass is 10.1. The van der Waals surface area contributed by atoms with Crippen molar-refractivity contribution in [1.29, 1.82) is 0 Å². The van der Waals surface area contributed by atoms with E-state index in [0.717, 1.165) is 5.56 Å². The van der Waals surface area contributed by atoms with Gasteiger partial charge in [0.25, 0.3) is 0 Å². The molecule has 0 saturated carbocycles. The lowest BCUT2D eigenvalue weighted by Crippen LogP contribution is -2.17. The fourth-order valence-electron chi connectivity index (χ4n) is 2.09. The van der Waals surface area contributed by atoms with Gasteiger partial charge in [-0.25, -0.2) is 4.98 Å². The normalized spacial score (nSPS) is 11.8. The van der Waals surface area contributed by atoms with E-state index in [2.05, 4.69) is 9.72 Å². The van der Waals surface area contributed by atoms with Crippen LogP contribution in [-0.2, 0) is 0 Å². The van der Waals surface area contributed by atoms with Crippen LogP contribution in [0.3, 0.4) is 0 Å². The molecule has 1 heterocycles. The van der Waals surface area contributed by atoms with Gasteiger partial charge in [0.05, 0.1) is 0 Å². The molecule has 0 amide bonds. The van der Waals surface area contributed by atoms with Gasteiger partial charge in [0.15, 0.2) is 11.5 Å². The van der Waals surface area contributed by atoms with Gasteiger partial charge in [0.1, 0.15) is 11.3 Å². The van der Waals surface area contributed by atoms with Crippen LogP contribution in [0.2, 0.25) is 0 Å². The molecular weight excluding hydrogens is 283 g/mol. The molecule has 0 N–H and O–H groups in total. The number of hydrogen-bond donors (Lipinski definition) is 0. The van der Waals surface area contributed by atoms with Crippen LogP contribution < -0.4 is 4.74 Å². The van der Waals surface area contributed by atoms with Gasteiger partial charge in [0.2, 0.25) is 0 Å². The van der Waals surface area contributed by atoms with Crippen LogP contribution >= 0.6 is 0 Å². The number of halogens is 3. The van der Waals surface area contributed by atoms with Gasteiger partial charge in [-0.1, -0.05) is 18.2 Å². The molecule has 0 spiro atoms. The molecule has 3 rings (SSSR count). The predicted octanol–water partition coefficient (Wildman–Crippen LogP) is 4.70. The van der Waals surface area contributed by atoms with Crippen LogP contribution in [0.5, 0.6) is 5.75 Å². The molecule has 3 nitrogen and oxygen atoms in total. The van der Waals surface area contributed by atoms with Crippen molar-refractivity contribution in [3.8, 4) is 16.9 Å². The summed E-state index contributed by atoms with van der Waals surface area (Å²) in [6.45, 7) is 1.73. The number of ether oxygens (including phenoxy) is 1. The summed E-state index contributed by atoms with van der Waals surface area (Å²) in [6.07, 6.45) is -4.70. The summed E-state index contributed by atoms with van der Waals surface area (Å²) in [4.78, 5) is 4.17. The van der Waals surface area contributed by atoms with Gasteiger partial charge in [-0.15, -0.1) is 13.2 Å². The number of benzene rings is 2. The third kappa shape index (κ3) is 2.99. The van der Waals surface area contributed by atoms with Crippen LogP contribution in [0.4, 0.5) is 13.2 Å². The van der Waals surface area contributed by atoms with Crippen molar-refractivity contribution in [3.05, 3.63) is 48.4 Å². The molecular formula is C15H10F3NO2. The van der Waals surface area contributed by atoms with E-state index in [1.165, 1.54) is 18.2 Å². The van der Waals surface area contributed by atoms with E-state index in [0.29, 0.717) is 22.6 Å². The van der Waals surface area contributed by atoms with Gasteiger partial charge in [-0.05, 0) is 35.4 Å². The first-order valence-corrected chi connectivity index (χ1v) is 6.14. The maximum absolute atomic E-state index is 12.2. The summed E-state index contributed by atoms with van der Waals surface area (Å²) in [5.41, 5.74) is 2.63. The molecule has 2 aromatic carbocycles. The molecule has 6 heteroatoms. The molecule has 3 aromatic rings. The van der Waals surface area contributed by atoms with Crippen molar-refractivity contribution in [2.75, 3.05) is 0 Å². The molecule has 108 valence electrons. The number of nitrogens with zero attached hydrogens (tertiary/aromatic N) is 1. The lowest BCUT2D eigenvalue weighted by Gasteiger charge is -2.10. The van der Waals surface area contributed by atoms with Crippen molar-refractivity contribution >= 4 is 11.1 Å². The van der Waals surface area contributed by atoms with E-state index < -0.39 is 6.36 Å². The molecule has 0 saturated heterocycles. The molecule has 0 aliphatic rings. The summed E-state index contributed by atoms with van der Waals surface area (Å²) in [6, 6.07) is 11.1. The Hall–Kier alpha value is -2.50. The third-order valence-electron chi connectivity index (χ3n) is 2.90. The summed E-state index contributed by atoms with van der Waals surface area (Å²) in [5, 5.41) is 0. The maximum atomic E-state index is 12.2. The Morgan fingerprint density at radius 2 is 1.81 bits per heavy atom. The van der Waals surface area contributed by atoms with Crippen LogP contribution in [-0.4, -0.2) is 11.3 Å². The lowest BCUT2D eigenvalue weighted by molar-refractivity contribution is -0.274. The van der Waals surface area contributed by atoms with Crippen LogP contribution in [0.15, 0.2) is 46.9 Å². The van der Waals surface area contributed by atoms with E-state index in [9.17, 15) is 13.2 Å². The topological polar surface area (TPSA) is 35.3 Å². The molecule has 0 aliphatic carbocycles. The van der Waals surface area contributed by atoms with Crippen molar-refractivity contribution in [3.63, 3.8) is 0 Å². The fraction of sp³-hybridized carbons (Fsp3) is 0.133. The predicted molar refractivity (Wildman–Crippen MR) is 70.9 cm³/mol. The van der Waals surface area contributed by atoms with E-state index in [4.69, 9.17) is 4.42 Å². The highest BCUT2D eigenvalue weighted by molar-refractivity contribution is 5.80. The number of aromatic nitrogens is 1. The Kier molecular flexibility index (Phi) is 3.08. The Labute approximate surface area is 118 Å². The first-order chi connectivity index (χ1) is 9.90. The molecule has 21 heavy (non-hydrogen) atoms. The second-order valence-corrected chi connectivity index (χ2v) is 4.49. The first-order valence-electron chi connectivity index (χ1n) is 6.14. The zero-order valence-corrected chi connectivity index (χ0v) is 10.9. The number of aryl methyl sites for hydroxylation is 1. The van der Waals surface area contributed by atoms with Crippen molar-refractivity contribution < 1.29 is 22.3 Å². The Balaban J connectivity index is 1.99. The van der Waals surface area contributed by atoms with Crippen molar-refractivity contribution in [1.82, 2.24) is 4.98 Å². The molecule has 1 aromatic heterocycles. The van der Waals surface area contributed by atoms with Gasteiger partial charge < -0.3 is 9.15 Å². The van der Waals surface area contributed by atoms with Crippen LogP contribution in [0.25, 0.3) is 22.2 Å². The molecule has 0 bridgehead atoms.